The zero-order valence-corrected chi connectivity index (χ0v) is 14.2. The van der Waals surface area contributed by atoms with E-state index in [4.69, 9.17) is 4.74 Å². The lowest BCUT2D eigenvalue weighted by atomic mass is 9.70. The van der Waals surface area contributed by atoms with Crippen LogP contribution in [0.5, 0.6) is 0 Å². The van der Waals surface area contributed by atoms with Gasteiger partial charge in [-0.2, -0.15) is 0 Å². The highest BCUT2D eigenvalue weighted by Crippen LogP contribution is 2.42. The SMILES string of the molecule is O=C(CCc1ccc(F)cc1F)N[C@H]1[C@H]2CCO[C@H]2[C@@H]1N1CCCC1. The number of ether oxygens (including phenoxy) is 1. The molecule has 0 bridgehead atoms. The molecule has 2 heterocycles. The number of rotatable bonds is 5. The third-order valence-electron chi connectivity index (χ3n) is 5.88. The van der Waals surface area contributed by atoms with Crippen LogP contribution in [0.15, 0.2) is 18.2 Å². The van der Waals surface area contributed by atoms with E-state index in [-0.39, 0.29) is 36.9 Å². The highest BCUT2D eigenvalue weighted by molar-refractivity contribution is 5.77. The Balaban J connectivity index is 1.34. The van der Waals surface area contributed by atoms with E-state index in [0.717, 1.165) is 32.2 Å². The molecule has 2 aliphatic heterocycles. The van der Waals surface area contributed by atoms with Crippen LogP contribution in [0, 0.1) is 17.6 Å². The molecule has 1 N–H and O–H groups in total. The normalized spacial score (nSPS) is 31.6. The number of aryl methyl sites for hydroxylation is 1. The molecule has 4 nitrogen and oxygen atoms in total. The number of nitrogens with zero attached hydrogens (tertiary/aromatic N) is 1. The number of amides is 1. The van der Waals surface area contributed by atoms with Gasteiger partial charge in [0.15, 0.2) is 0 Å². The highest BCUT2D eigenvalue weighted by Gasteiger charge is 2.56. The number of carbonyl (C=O) groups is 1. The molecule has 136 valence electrons. The lowest BCUT2D eigenvalue weighted by Crippen LogP contribution is -2.70. The van der Waals surface area contributed by atoms with Crippen molar-refractivity contribution in [1.29, 1.82) is 0 Å². The number of fused-ring (bicyclic) bond motifs is 1. The maximum atomic E-state index is 13.7. The first-order valence-corrected chi connectivity index (χ1v) is 9.22. The Morgan fingerprint density at radius 3 is 2.84 bits per heavy atom. The lowest BCUT2D eigenvalue weighted by molar-refractivity contribution is -0.128. The van der Waals surface area contributed by atoms with E-state index >= 15 is 0 Å². The molecule has 6 heteroatoms. The summed E-state index contributed by atoms with van der Waals surface area (Å²) in [5.74, 6) is -0.850. The molecule has 0 aromatic heterocycles. The maximum absolute atomic E-state index is 13.7. The summed E-state index contributed by atoms with van der Waals surface area (Å²) in [6.07, 6.45) is 4.15. The van der Waals surface area contributed by atoms with Crippen LogP contribution in [0.3, 0.4) is 0 Å². The lowest BCUT2D eigenvalue weighted by Gasteiger charge is -2.51. The second kappa shape index (κ2) is 7.00. The van der Waals surface area contributed by atoms with Gasteiger partial charge in [0.2, 0.25) is 5.91 Å². The van der Waals surface area contributed by atoms with Crippen LogP contribution in [0.4, 0.5) is 8.78 Å². The molecule has 4 rings (SSSR count). The van der Waals surface area contributed by atoms with Crippen LogP contribution in [-0.4, -0.2) is 48.7 Å². The Kier molecular flexibility index (Phi) is 4.73. The molecule has 4 atom stereocenters. The summed E-state index contributed by atoms with van der Waals surface area (Å²) in [6.45, 7) is 2.92. The van der Waals surface area contributed by atoms with Gasteiger partial charge in [0.25, 0.3) is 0 Å². The zero-order valence-electron chi connectivity index (χ0n) is 14.2. The van der Waals surface area contributed by atoms with Crippen molar-refractivity contribution < 1.29 is 18.3 Å². The Labute approximate surface area is 146 Å². The van der Waals surface area contributed by atoms with Crippen molar-refractivity contribution in [2.75, 3.05) is 19.7 Å². The van der Waals surface area contributed by atoms with Crippen molar-refractivity contribution in [2.45, 2.75) is 50.3 Å². The molecule has 0 unspecified atom stereocenters. The largest absolute Gasteiger partial charge is 0.376 e. The van der Waals surface area contributed by atoms with Gasteiger partial charge in [-0.1, -0.05) is 6.07 Å². The first-order chi connectivity index (χ1) is 12.1. The third kappa shape index (κ3) is 3.29. The Hall–Kier alpha value is -1.53. The molecule has 2 saturated heterocycles. The summed E-state index contributed by atoms with van der Waals surface area (Å²) < 4.78 is 32.5. The molecular weight excluding hydrogens is 326 g/mol. The summed E-state index contributed by atoms with van der Waals surface area (Å²) in [7, 11) is 0. The van der Waals surface area contributed by atoms with Gasteiger partial charge in [0.1, 0.15) is 11.6 Å². The van der Waals surface area contributed by atoms with Crippen LogP contribution >= 0.6 is 0 Å². The second-order valence-electron chi connectivity index (χ2n) is 7.35. The minimum absolute atomic E-state index is 0.0664. The predicted octanol–water partition coefficient (Wildman–Crippen LogP) is 2.27. The summed E-state index contributed by atoms with van der Waals surface area (Å²) in [5.41, 5.74) is 0.378. The second-order valence-corrected chi connectivity index (χ2v) is 7.35. The number of hydrogen-bond acceptors (Lipinski definition) is 3. The molecule has 1 saturated carbocycles. The molecule has 3 aliphatic rings. The molecule has 3 fully saturated rings. The van der Waals surface area contributed by atoms with E-state index in [1.807, 2.05) is 0 Å². The zero-order chi connectivity index (χ0) is 17.4. The third-order valence-corrected chi connectivity index (χ3v) is 5.88. The molecular formula is C19H24F2N2O2. The fourth-order valence-electron chi connectivity index (χ4n) is 4.57. The number of carbonyl (C=O) groups excluding carboxylic acids is 1. The average molecular weight is 350 g/mol. The summed E-state index contributed by atoms with van der Waals surface area (Å²) in [5, 5.41) is 3.16. The van der Waals surface area contributed by atoms with Gasteiger partial charge in [-0.15, -0.1) is 0 Å². The maximum Gasteiger partial charge on any atom is 0.220 e. The van der Waals surface area contributed by atoms with Crippen molar-refractivity contribution in [3.8, 4) is 0 Å². The summed E-state index contributed by atoms with van der Waals surface area (Å²) in [4.78, 5) is 14.8. The van der Waals surface area contributed by atoms with Gasteiger partial charge in [-0.25, -0.2) is 8.78 Å². The van der Waals surface area contributed by atoms with Gasteiger partial charge in [-0.05, 0) is 50.4 Å². The minimum atomic E-state index is -0.596. The van der Waals surface area contributed by atoms with Crippen molar-refractivity contribution in [3.05, 3.63) is 35.4 Å². The standard InChI is InChI=1S/C19H24F2N2O2/c20-13-5-3-12(15(21)11-13)4-6-16(24)22-17-14-7-10-25-19(14)18(17)23-8-1-2-9-23/h3,5,11,14,17-19H,1-2,4,6-10H2,(H,22,24)/t14-,17+,18-,19-/m1/s1. The molecule has 1 aromatic carbocycles. The summed E-state index contributed by atoms with van der Waals surface area (Å²) >= 11 is 0. The number of halogens is 2. The highest BCUT2D eigenvalue weighted by atomic mass is 19.1. The quantitative estimate of drug-likeness (QED) is 0.886. The van der Waals surface area contributed by atoms with Crippen LogP contribution < -0.4 is 5.32 Å². The number of likely N-dealkylation sites (tertiary alicyclic amines) is 1. The van der Waals surface area contributed by atoms with Gasteiger partial charge >= 0.3 is 0 Å². The number of hydrogen-bond donors (Lipinski definition) is 1. The average Bonchev–Trinajstić information content (AvgIpc) is 3.23. The van der Waals surface area contributed by atoms with E-state index < -0.39 is 11.6 Å². The monoisotopic (exact) mass is 350 g/mol. The Morgan fingerprint density at radius 1 is 1.28 bits per heavy atom. The van der Waals surface area contributed by atoms with Crippen LogP contribution in [0.2, 0.25) is 0 Å². The fourth-order valence-corrected chi connectivity index (χ4v) is 4.57. The van der Waals surface area contributed by atoms with Crippen LogP contribution in [0.1, 0.15) is 31.2 Å². The smallest absolute Gasteiger partial charge is 0.220 e. The fraction of sp³-hybridized carbons (Fsp3) is 0.632. The van der Waals surface area contributed by atoms with Crippen molar-refractivity contribution in [2.24, 2.45) is 5.92 Å². The van der Waals surface area contributed by atoms with Crippen LogP contribution in [0.25, 0.3) is 0 Å². The van der Waals surface area contributed by atoms with Gasteiger partial charge < -0.3 is 10.1 Å². The number of nitrogens with one attached hydrogen (secondary N) is 1. The molecule has 0 radical (unpaired) electrons. The molecule has 1 amide bonds. The minimum Gasteiger partial charge on any atom is -0.376 e. The molecule has 1 aliphatic carbocycles. The van der Waals surface area contributed by atoms with E-state index in [1.54, 1.807) is 0 Å². The predicted molar refractivity (Wildman–Crippen MR) is 89.1 cm³/mol. The first-order valence-electron chi connectivity index (χ1n) is 9.22. The first kappa shape index (κ1) is 16.9. The van der Waals surface area contributed by atoms with E-state index in [1.165, 1.54) is 25.0 Å². The molecule has 25 heavy (non-hydrogen) atoms. The van der Waals surface area contributed by atoms with Crippen molar-refractivity contribution in [1.82, 2.24) is 10.2 Å². The van der Waals surface area contributed by atoms with Gasteiger partial charge in [0.05, 0.1) is 18.2 Å². The topological polar surface area (TPSA) is 41.6 Å². The van der Waals surface area contributed by atoms with E-state index in [0.29, 0.717) is 11.5 Å². The number of benzene rings is 1. The van der Waals surface area contributed by atoms with Crippen molar-refractivity contribution >= 4 is 5.91 Å². The molecule has 1 aromatic rings. The van der Waals surface area contributed by atoms with Gasteiger partial charge in [0, 0.05) is 25.0 Å². The Bertz CT molecular complexity index is 644. The summed E-state index contributed by atoms with van der Waals surface area (Å²) in [6, 6.07) is 3.92. The van der Waals surface area contributed by atoms with Gasteiger partial charge in [-0.3, -0.25) is 9.69 Å². The van der Waals surface area contributed by atoms with Crippen LogP contribution in [-0.2, 0) is 16.0 Å². The molecule has 0 spiro atoms. The van der Waals surface area contributed by atoms with Crippen molar-refractivity contribution in [3.63, 3.8) is 0 Å². The van der Waals surface area contributed by atoms with E-state index in [9.17, 15) is 13.6 Å². The van der Waals surface area contributed by atoms with E-state index in [2.05, 4.69) is 10.2 Å². The Morgan fingerprint density at radius 2 is 2.08 bits per heavy atom.